The Kier molecular flexibility index (Phi) is 4.13. The molecule has 1 N–H and O–H groups in total. The van der Waals surface area contributed by atoms with E-state index in [1.165, 1.54) is 22.9 Å². The highest BCUT2D eigenvalue weighted by atomic mass is 32.2. The lowest BCUT2D eigenvalue weighted by atomic mass is 10.1. The van der Waals surface area contributed by atoms with E-state index >= 15 is 0 Å². The van der Waals surface area contributed by atoms with Gasteiger partial charge in [0.15, 0.2) is 5.17 Å². The average molecular weight is 326 g/mol. The molecule has 1 fully saturated rings. The zero-order valence-electron chi connectivity index (χ0n) is 13.6. The molecular formula is C18H18N2O2S. The molecule has 1 aliphatic heterocycles. The zero-order valence-corrected chi connectivity index (χ0v) is 14.4. The van der Waals surface area contributed by atoms with Crippen molar-refractivity contribution in [2.24, 2.45) is 4.99 Å². The lowest BCUT2D eigenvalue weighted by Crippen LogP contribution is -2.19. The molecule has 1 aromatic carbocycles. The minimum atomic E-state index is -0.129. The van der Waals surface area contributed by atoms with Crippen molar-refractivity contribution < 1.29 is 9.21 Å². The summed E-state index contributed by atoms with van der Waals surface area (Å²) in [5, 5.41) is 3.41. The summed E-state index contributed by atoms with van der Waals surface area (Å²) in [5.41, 5.74) is 4.17. The van der Waals surface area contributed by atoms with Gasteiger partial charge < -0.3 is 9.73 Å². The Labute approximate surface area is 139 Å². The van der Waals surface area contributed by atoms with Crippen LogP contribution in [0.15, 0.2) is 38.6 Å². The van der Waals surface area contributed by atoms with Crippen LogP contribution < -0.4 is 5.32 Å². The van der Waals surface area contributed by atoms with Gasteiger partial charge in [-0.1, -0.05) is 6.07 Å². The van der Waals surface area contributed by atoms with Gasteiger partial charge in [0.1, 0.15) is 11.5 Å². The quantitative estimate of drug-likeness (QED) is 0.832. The molecule has 118 valence electrons. The predicted molar refractivity (Wildman–Crippen MR) is 94.9 cm³/mol. The number of nitrogens with zero attached hydrogens (tertiary/aromatic N) is 1. The van der Waals surface area contributed by atoms with Gasteiger partial charge in [-0.2, -0.15) is 0 Å². The number of nitrogens with one attached hydrogen (secondary N) is 1. The van der Waals surface area contributed by atoms with Gasteiger partial charge in [0.25, 0.3) is 5.91 Å². The van der Waals surface area contributed by atoms with Crippen molar-refractivity contribution in [1.29, 1.82) is 0 Å². The molecule has 0 saturated carbocycles. The highest BCUT2D eigenvalue weighted by molar-refractivity contribution is 8.18. The van der Waals surface area contributed by atoms with Gasteiger partial charge in [-0.25, -0.2) is 4.99 Å². The van der Waals surface area contributed by atoms with Crippen molar-refractivity contribution >= 4 is 34.6 Å². The molecule has 1 aromatic heterocycles. The van der Waals surface area contributed by atoms with Crippen molar-refractivity contribution in [3.63, 3.8) is 0 Å². The number of carbonyl (C=O) groups excluding carboxylic acids is 1. The van der Waals surface area contributed by atoms with E-state index in [0.717, 1.165) is 22.8 Å². The summed E-state index contributed by atoms with van der Waals surface area (Å²) < 4.78 is 5.49. The van der Waals surface area contributed by atoms with Crippen molar-refractivity contribution in [3.8, 4) is 0 Å². The third kappa shape index (κ3) is 3.40. The second kappa shape index (κ2) is 6.08. The largest absolute Gasteiger partial charge is 0.466 e. The predicted octanol–water partition coefficient (Wildman–Crippen LogP) is 4.40. The van der Waals surface area contributed by atoms with Crippen LogP contribution in [0.2, 0.25) is 0 Å². The molecule has 2 heterocycles. The number of thioether (sulfide) groups is 1. The number of hydrogen-bond donors (Lipinski definition) is 1. The Morgan fingerprint density at radius 3 is 2.57 bits per heavy atom. The normalized spacial score (nSPS) is 18.0. The molecule has 0 atom stereocenters. The monoisotopic (exact) mass is 326 g/mol. The Morgan fingerprint density at radius 1 is 1.13 bits per heavy atom. The fourth-order valence-corrected chi connectivity index (χ4v) is 3.16. The van der Waals surface area contributed by atoms with Crippen LogP contribution in [0.5, 0.6) is 0 Å². The second-order valence-electron chi connectivity index (χ2n) is 5.62. The molecule has 1 amide bonds. The molecule has 0 radical (unpaired) electrons. The maximum Gasteiger partial charge on any atom is 0.264 e. The van der Waals surface area contributed by atoms with Gasteiger partial charge in [-0.15, -0.1) is 0 Å². The summed E-state index contributed by atoms with van der Waals surface area (Å²) in [6, 6.07) is 7.92. The molecule has 5 heteroatoms. The van der Waals surface area contributed by atoms with Gasteiger partial charge in [-0.05, 0) is 74.9 Å². The Bertz CT molecular complexity index is 847. The van der Waals surface area contributed by atoms with E-state index in [-0.39, 0.29) is 5.91 Å². The number of rotatable bonds is 2. The number of furan rings is 1. The third-order valence-electron chi connectivity index (χ3n) is 3.74. The molecule has 23 heavy (non-hydrogen) atoms. The fourth-order valence-electron chi connectivity index (χ4n) is 2.33. The SMILES string of the molecule is Cc1cc(/C=C2\SC(=Nc3ccc(C)c(C)c3)NC2=O)c(C)o1. The molecule has 1 saturated heterocycles. The fraction of sp³-hybridized carbons (Fsp3) is 0.222. The number of amidine groups is 1. The van der Waals surface area contributed by atoms with Crippen molar-refractivity contribution in [1.82, 2.24) is 5.32 Å². The minimum Gasteiger partial charge on any atom is -0.466 e. The maximum absolute atomic E-state index is 12.1. The molecule has 3 rings (SSSR count). The molecule has 0 spiro atoms. The lowest BCUT2D eigenvalue weighted by Gasteiger charge is -2.01. The number of aryl methyl sites for hydroxylation is 4. The van der Waals surface area contributed by atoms with E-state index in [2.05, 4.69) is 24.2 Å². The Hall–Kier alpha value is -2.27. The molecule has 0 bridgehead atoms. The summed E-state index contributed by atoms with van der Waals surface area (Å²) in [6.45, 7) is 7.90. The van der Waals surface area contributed by atoms with Crippen LogP contribution in [-0.2, 0) is 4.79 Å². The molecule has 0 unspecified atom stereocenters. The average Bonchev–Trinajstić information content (AvgIpc) is 2.97. The van der Waals surface area contributed by atoms with Crippen molar-refractivity contribution in [2.75, 3.05) is 0 Å². The zero-order chi connectivity index (χ0) is 16.6. The number of hydrogen-bond acceptors (Lipinski definition) is 4. The number of benzene rings is 1. The van der Waals surface area contributed by atoms with Crippen LogP contribution in [0.1, 0.15) is 28.2 Å². The first-order chi connectivity index (χ1) is 10.9. The maximum atomic E-state index is 12.1. The van der Waals surface area contributed by atoms with E-state index in [0.29, 0.717) is 10.1 Å². The van der Waals surface area contributed by atoms with E-state index < -0.39 is 0 Å². The first-order valence-electron chi connectivity index (χ1n) is 7.36. The highest BCUT2D eigenvalue weighted by Gasteiger charge is 2.24. The Morgan fingerprint density at radius 2 is 1.91 bits per heavy atom. The molecule has 4 nitrogen and oxygen atoms in total. The highest BCUT2D eigenvalue weighted by Crippen LogP contribution is 2.29. The summed E-state index contributed by atoms with van der Waals surface area (Å²) in [6.07, 6.45) is 1.84. The lowest BCUT2D eigenvalue weighted by molar-refractivity contribution is -0.115. The van der Waals surface area contributed by atoms with Crippen LogP contribution in [-0.4, -0.2) is 11.1 Å². The van der Waals surface area contributed by atoms with E-state index in [1.807, 2.05) is 44.2 Å². The smallest absolute Gasteiger partial charge is 0.264 e. The third-order valence-corrected chi connectivity index (χ3v) is 4.65. The van der Waals surface area contributed by atoms with Crippen LogP contribution >= 0.6 is 11.8 Å². The van der Waals surface area contributed by atoms with Crippen LogP contribution in [0.4, 0.5) is 5.69 Å². The standard InChI is InChI=1S/C18H18N2O2S/c1-10-5-6-15(7-11(10)2)19-18-20-17(21)16(23-18)9-14-8-12(3)22-13(14)4/h5-9H,1-4H3,(H,19,20,21)/b16-9-. The minimum absolute atomic E-state index is 0.129. The second-order valence-corrected chi connectivity index (χ2v) is 6.65. The van der Waals surface area contributed by atoms with Gasteiger partial charge >= 0.3 is 0 Å². The van der Waals surface area contributed by atoms with Crippen molar-refractivity contribution in [3.05, 3.63) is 57.4 Å². The van der Waals surface area contributed by atoms with E-state index in [9.17, 15) is 4.79 Å². The van der Waals surface area contributed by atoms with Crippen LogP contribution in [0, 0.1) is 27.7 Å². The number of carbonyl (C=O) groups is 1. The molecule has 0 aliphatic carbocycles. The first kappa shape index (κ1) is 15.6. The topological polar surface area (TPSA) is 54.6 Å². The van der Waals surface area contributed by atoms with Gasteiger partial charge in [0, 0.05) is 5.56 Å². The van der Waals surface area contributed by atoms with Gasteiger partial charge in [0.05, 0.1) is 10.6 Å². The van der Waals surface area contributed by atoms with E-state index in [4.69, 9.17) is 4.42 Å². The summed E-state index contributed by atoms with van der Waals surface area (Å²) in [7, 11) is 0. The first-order valence-corrected chi connectivity index (χ1v) is 8.18. The van der Waals surface area contributed by atoms with Gasteiger partial charge in [-0.3, -0.25) is 4.79 Å². The van der Waals surface area contributed by atoms with Crippen LogP contribution in [0.3, 0.4) is 0 Å². The number of amides is 1. The molecular weight excluding hydrogens is 308 g/mol. The summed E-state index contributed by atoms with van der Waals surface area (Å²) in [4.78, 5) is 17.2. The molecule has 2 aromatic rings. The van der Waals surface area contributed by atoms with E-state index in [1.54, 1.807) is 0 Å². The van der Waals surface area contributed by atoms with Crippen LogP contribution in [0.25, 0.3) is 6.08 Å². The van der Waals surface area contributed by atoms with Crippen molar-refractivity contribution in [2.45, 2.75) is 27.7 Å². The summed E-state index contributed by atoms with van der Waals surface area (Å²) in [5.74, 6) is 1.51. The Balaban J connectivity index is 1.85. The van der Waals surface area contributed by atoms with Gasteiger partial charge in [0.2, 0.25) is 0 Å². The summed E-state index contributed by atoms with van der Waals surface area (Å²) >= 11 is 1.35. The number of aliphatic imine (C=N–C) groups is 1. The molecule has 1 aliphatic rings.